The smallest absolute Gasteiger partial charge is 0.303 e. The molecule has 3 rings (SSSR count). The molecule has 3 unspecified atom stereocenters. The summed E-state index contributed by atoms with van der Waals surface area (Å²) in [7, 11) is 2.02. The van der Waals surface area contributed by atoms with Crippen LogP contribution in [-0.4, -0.2) is 164 Å². The molecule has 2 aliphatic rings. The molecule has 28 heteroatoms. The number of hydrogen-bond donors (Lipinski definition) is 13. The quantitative estimate of drug-likeness (QED) is 0.0695. The Kier molecular flexibility index (Phi) is 26.5. The largest absolute Gasteiger partial charge is 0.508 e. The predicted octanol–water partition coefficient (Wildman–Crippen LogP) is -2.92. The van der Waals surface area contributed by atoms with Crippen LogP contribution >= 0.6 is 21.6 Å². The molecule has 406 valence electrons. The number of benzene rings is 1. The second kappa shape index (κ2) is 31.0. The molecule has 26 nitrogen and oxygen atoms in total. The van der Waals surface area contributed by atoms with Crippen LogP contribution in [0.4, 0.5) is 0 Å². The average Bonchev–Trinajstić information content (AvgIpc) is 3.81. The minimum Gasteiger partial charge on any atom is -0.508 e. The number of nitrogens with two attached hydrogens (primary N) is 3. The monoisotopic (exact) mass is 1070 g/mol. The maximum atomic E-state index is 14.5. The highest BCUT2D eigenvalue weighted by molar-refractivity contribution is 8.76. The Hall–Kier alpha value is -6.68. The van der Waals surface area contributed by atoms with Crippen molar-refractivity contribution in [1.29, 1.82) is 0 Å². The van der Waals surface area contributed by atoms with Gasteiger partial charge in [0, 0.05) is 37.8 Å². The minimum atomic E-state index is -1.78. The van der Waals surface area contributed by atoms with Gasteiger partial charge in [0.25, 0.3) is 5.97 Å². The summed E-state index contributed by atoms with van der Waals surface area (Å²) in [6.45, 7) is 7.62. The van der Waals surface area contributed by atoms with Gasteiger partial charge < -0.3 is 74.6 Å². The van der Waals surface area contributed by atoms with Crippen molar-refractivity contribution in [3.63, 3.8) is 0 Å². The van der Waals surface area contributed by atoms with Gasteiger partial charge >= 0.3 is 5.97 Å². The molecule has 0 aliphatic carbocycles. The summed E-state index contributed by atoms with van der Waals surface area (Å²) in [6, 6.07) is -5.29. The van der Waals surface area contributed by atoms with Crippen LogP contribution in [0.1, 0.15) is 85.1 Å². The lowest BCUT2D eigenvalue weighted by molar-refractivity contribution is -0.142. The molecule has 2 fully saturated rings. The van der Waals surface area contributed by atoms with Crippen LogP contribution in [0.5, 0.6) is 5.75 Å². The Bertz CT molecular complexity index is 2150. The van der Waals surface area contributed by atoms with E-state index in [1.165, 1.54) is 29.2 Å². The highest BCUT2D eigenvalue weighted by Crippen LogP contribution is 2.26. The average molecular weight is 1070 g/mol. The number of likely N-dealkylation sites (tertiary alicyclic amines) is 1. The number of aliphatic carboxylic acids is 2. The Balaban J connectivity index is 0.00000439. The maximum Gasteiger partial charge on any atom is 0.303 e. The minimum absolute atomic E-state index is 0.0395. The zero-order valence-corrected chi connectivity index (χ0v) is 42.9. The molecule has 1 aromatic rings. The Morgan fingerprint density at radius 2 is 1.37 bits per heavy atom. The zero-order chi connectivity index (χ0) is 55.1. The van der Waals surface area contributed by atoms with Crippen LogP contribution < -0.4 is 54.4 Å². The Morgan fingerprint density at radius 3 is 1.95 bits per heavy atom. The molecule has 73 heavy (non-hydrogen) atoms. The van der Waals surface area contributed by atoms with Crippen molar-refractivity contribution < 1.29 is 72.9 Å². The molecule has 0 bridgehead atoms. The number of carbonyl (C=O) groups excluding carboxylic acids is 10. The van der Waals surface area contributed by atoms with Gasteiger partial charge in [-0.15, -0.1) is 0 Å². The molecular formula is C45H69N11O15S2. The first kappa shape index (κ1) is 62.4. The summed E-state index contributed by atoms with van der Waals surface area (Å²) in [5.41, 5.74) is 17.5. The van der Waals surface area contributed by atoms with Crippen molar-refractivity contribution >= 4 is 92.6 Å². The Morgan fingerprint density at radius 1 is 0.795 bits per heavy atom. The van der Waals surface area contributed by atoms with Crippen LogP contribution in [0, 0.1) is 11.8 Å². The number of hydrogen-bond acceptors (Lipinski definition) is 16. The number of phenolic OH excluding ortho intramolecular Hbond substituents is 1. The molecule has 2 heterocycles. The molecule has 0 radical (unpaired) electrons. The van der Waals surface area contributed by atoms with Gasteiger partial charge in [0.1, 0.15) is 48.0 Å². The lowest BCUT2D eigenvalue weighted by Crippen LogP contribution is -2.61. The van der Waals surface area contributed by atoms with E-state index >= 15 is 0 Å². The summed E-state index contributed by atoms with van der Waals surface area (Å²) in [6.07, 6.45) is -1.12. The summed E-state index contributed by atoms with van der Waals surface area (Å²) in [5, 5.41) is 44.5. The van der Waals surface area contributed by atoms with Crippen molar-refractivity contribution in [2.45, 2.75) is 134 Å². The predicted molar refractivity (Wildman–Crippen MR) is 266 cm³/mol. The molecule has 9 atom stereocenters. The third-order valence-corrected chi connectivity index (χ3v) is 13.7. The first-order valence-corrected chi connectivity index (χ1v) is 25.9. The second-order valence-electron chi connectivity index (χ2n) is 17.8. The van der Waals surface area contributed by atoms with Gasteiger partial charge in [0.2, 0.25) is 59.1 Å². The topological polar surface area (TPSA) is 431 Å². The molecular weight excluding hydrogens is 999 g/mol. The fraction of sp³-hybridized carbons (Fsp3) is 0.600. The van der Waals surface area contributed by atoms with Gasteiger partial charge in [-0.2, -0.15) is 0 Å². The lowest BCUT2D eigenvalue weighted by atomic mass is 9.96. The van der Waals surface area contributed by atoms with E-state index in [1.807, 2.05) is 13.8 Å². The molecule has 10 amide bonds. The van der Waals surface area contributed by atoms with Crippen molar-refractivity contribution in [3.05, 3.63) is 29.8 Å². The van der Waals surface area contributed by atoms with Gasteiger partial charge in [0.05, 0.1) is 19.0 Å². The standard InChI is InChI=1S/C43H65N11O13S2.C2H4O2/c1-5-22(4)35-42(66)48-26(12-13-34(58)59)38(62)50-29(17-32(45)56)39(63)52-30(20-69-68-19-25(44)36(60)49-28(40(64)53-35)16-23-8-10-24(55)11-9-23)43(67)54-14-6-7-31(54)41(65)51-27(15-21(2)3)37(61)47-18-33(46)57;1-2(3)4/h8-11,21-22,25-31,35,55H,5-7,12-20,44H2,1-4H3,(H2,45,56)(H2,46,57)(H,47,61)(H,48,66)(H,49,60)(H,50,62)(H,51,65)(H,52,63)(H,53,64)(H,58,59);1H3,(H,3,4)/t22-,25-,26?,27-,28?,29-,30?,31-,35-;/m0./s1. The van der Waals surface area contributed by atoms with Gasteiger partial charge in [-0.1, -0.05) is 67.8 Å². The summed E-state index contributed by atoms with van der Waals surface area (Å²) < 4.78 is 0. The number of amides is 10. The number of carboxylic acids is 2. The maximum absolute atomic E-state index is 14.5. The number of carbonyl (C=O) groups is 12. The van der Waals surface area contributed by atoms with Gasteiger partial charge in [-0.3, -0.25) is 57.5 Å². The number of nitrogens with one attached hydrogen (secondary N) is 7. The van der Waals surface area contributed by atoms with Crippen molar-refractivity contribution in [1.82, 2.24) is 42.1 Å². The summed E-state index contributed by atoms with van der Waals surface area (Å²) >= 11 is 0. The molecule has 0 saturated carbocycles. The van der Waals surface area contributed by atoms with Crippen molar-refractivity contribution in [3.8, 4) is 5.75 Å². The number of primary amides is 2. The highest BCUT2D eigenvalue weighted by atomic mass is 33.1. The van der Waals surface area contributed by atoms with E-state index in [-0.39, 0.29) is 49.0 Å². The van der Waals surface area contributed by atoms with Crippen LogP contribution in [0.2, 0.25) is 0 Å². The van der Waals surface area contributed by atoms with Crippen molar-refractivity contribution in [2.75, 3.05) is 24.6 Å². The van der Waals surface area contributed by atoms with Gasteiger partial charge in [-0.05, 0) is 55.2 Å². The fourth-order valence-corrected chi connectivity index (χ4v) is 9.60. The third-order valence-electron chi connectivity index (χ3n) is 11.3. The first-order chi connectivity index (χ1) is 34.2. The van der Waals surface area contributed by atoms with E-state index in [2.05, 4.69) is 37.2 Å². The number of nitrogens with zero attached hydrogens (tertiary/aromatic N) is 1. The normalized spacial score (nSPS) is 23.3. The molecule has 16 N–H and O–H groups in total. The number of carboxylic acid groups (broad SMARTS) is 2. The van der Waals surface area contributed by atoms with Crippen molar-refractivity contribution in [2.24, 2.45) is 29.0 Å². The fourth-order valence-electron chi connectivity index (χ4n) is 7.32. The third kappa shape index (κ3) is 22.3. The van der Waals surface area contributed by atoms with Crippen LogP contribution in [-0.2, 0) is 64.0 Å². The SMILES string of the molecule is CC(=O)O.CC[C@H](C)[C@@H]1NC(=O)C(Cc2ccc(O)cc2)NC(=O)[C@@H](N)CSSCC(C(=O)N2CCC[C@H]2C(=O)N[C@@H](CC(C)C)C(=O)NCC(N)=O)NC(=O)[C@H](CC(N)=O)NC(=O)C(CCC(=O)O)NC1=O. The lowest BCUT2D eigenvalue weighted by Gasteiger charge is -2.31. The number of aromatic hydroxyl groups is 1. The molecule has 2 aliphatic heterocycles. The van der Waals surface area contributed by atoms with E-state index in [0.29, 0.717) is 18.4 Å². The van der Waals surface area contributed by atoms with Gasteiger partial charge in [-0.25, -0.2) is 0 Å². The molecule has 0 aromatic heterocycles. The molecule has 1 aromatic carbocycles. The van der Waals surface area contributed by atoms with E-state index in [9.17, 15) is 63.0 Å². The van der Waals surface area contributed by atoms with Crippen LogP contribution in [0.25, 0.3) is 0 Å². The van der Waals surface area contributed by atoms with Gasteiger partial charge in [0.15, 0.2) is 0 Å². The number of rotatable bonds is 17. The Labute approximate surface area is 429 Å². The van der Waals surface area contributed by atoms with Crippen LogP contribution in [0.3, 0.4) is 0 Å². The molecule has 2 saturated heterocycles. The van der Waals surface area contributed by atoms with Crippen LogP contribution in [0.15, 0.2) is 24.3 Å². The summed E-state index contributed by atoms with van der Waals surface area (Å²) in [4.78, 5) is 157. The van der Waals surface area contributed by atoms with E-state index in [1.54, 1.807) is 13.8 Å². The highest BCUT2D eigenvalue weighted by Gasteiger charge is 2.41. The second-order valence-corrected chi connectivity index (χ2v) is 20.4. The zero-order valence-electron chi connectivity index (χ0n) is 41.3. The first-order valence-electron chi connectivity index (χ1n) is 23.4. The van der Waals surface area contributed by atoms with E-state index in [4.69, 9.17) is 27.1 Å². The van der Waals surface area contributed by atoms with E-state index < -0.39 is 151 Å². The van der Waals surface area contributed by atoms with E-state index in [0.717, 1.165) is 28.5 Å². The number of phenols is 1. The molecule has 0 spiro atoms. The summed E-state index contributed by atoms with van der Waals surface area (Å²) in [5.74, 6) is -12.0.